The minimum absolute atomic E-state index is 0.0287. The Morgan fingerprint density at radius 2 is 1.77 bits per heavy atom. The minimum atomic E-state index is -0.685. The summed E-state index contributed by atoms with van der Waals surface area (Å²) in [6.45, 7) is 16.3. The predicted molar refractivity (Wildman–Crippen MR) is 195 cm³/mol. The van der Waals surface area contributed by atoms with Gasteiger partial charge in [0.25, 0.3) is 6.47 Å². The molecule has 0 saturated carbocycles. The van der Waals surface area contributed by atoms with Gasteiger partial charge in [0.2, 0.25) is 11.8 Å². The van der Waals surface area contributed by atoms with Crippen molar-refractivity contribution >= 4 is 41.2 Å². The molecule has 0 saturated heterocycles. The first-order valence-corrected chi connectivity index (χ1v) is 17.6. The number of hydrogen-bond acceptors (Lipinski definition) is 6. The molecule has 0 spiro atoms. The van der Waals surface area contributed by atoms with E-state index < -0.39 is 6.04 Å². The van der Waals surface area contributed by atoms with Crippen molar-refractivity contribution < 1.29 is 19.5 Å². The molecule has 2 unspecified atom stereocenters. The first-order chi connectivity index (χ1) is 22.4. The molecule has 0 bridgehead atoms. The van der Waals surface area contributed by atoms with Crippen molar-refractivity contribution in [2.75, 3.05) is 0 Å². The molecule has 0 aromatic carbocycles. The molecule has 2 heterocycles. The van der Waals surface area contributed by atoms with E-state index in [1.54, 1.807) is 11.8 Å². The van der Waals surface area contributed by atoms with Crippen LogP contribution in [-0.4, -0.2) is 50.7 Å². The van der Waals surface area contributed by atoms with Gasteiger partial charge in [0.05, 0.1) is 0 Å². The van der Waals surface area contributed by atoms with Gasteiger partial charge in [0.15, 0.2) is 5.82 Å². The van der Waals surface area contributed by atoms with Crippen LogP contribution < -0.4 is 10.6 Å². The van der Waals surface area contributed by atoms with Crippen molar-refractivity contribution in [3.63, 3.8) is 0 Å². The van der Waals surface area contributed by atoms with Crippen LogP contribution in [-0.2, 0) is 14.4 Å². The predicted octanol–water partition coefficient (Wildman–Crippen LogP) is 8.07. The SMILES string of the molecule is CC.CCC1CC=C(c2cnc(C3=CC=C(C[C@H](NC(=O)C4C=CC=C(C(C)(C)C)S4)C(=O)NC(C)C)C=CC3)nc2)CC1.O=CO. The highest BCUT2D eigenvalue weighted by atomic mass is 32.2. The molecular formula is C38H54N4O4S. The quantitative estimate of drug-likeness (QED) is 0.229. The standard InChI is InChI=1S/C35H46N4O2S.C2H6.CH2O2/c1-7-24-14-17-26(18-15-24)28-21-36-32(37-22-28)27-11-8-10-25(16-19-27)20-29(33(40)38-23(2)3)39-34(41)30-12-9-13-31(42-30)35(4,5)6;1-2;2-1-3/h8-10,12-13,16-17,19,21-24,29-30H,7,11,14-15,18,20H2,1-6H3,(H,38,40)(H,39,41);1-2H3;1H,(H,2,3)/t24?,29-,30?;;/m0../s1. The second kappa shape index (κ2) is 19.8. The fourth-order valence-corrected chi connectivity index (χ4v) is 6.39. The summed E-state index contributed by atoms with van der Waals surface area (Å²) < 4.78 is 0. The van der Waals surface area contributed by atoms with Crippen molar-refractivity contribution in [2.45, 2.75) is 111 Å². The van der Waals surface area contributed by atoms with Crippen LogP contribution >= 0.6 is 11.8 Å². The molecular weight excluding hydrogens is 609 g/mol. The molecule has 3 atom stereocenters. The molecule has 256 valence electrons. The lowest BCUT2D eigenvalue weighted by Gasteiger charge is -2.28. The summed E-state index contributed by atoms with van der Waals surface area (Å²) in [5.74, 6) is 1.17. The largest absolute Gasteiger partial charge is 0.483 e. The van der Waals surface area contributed by atoms with Gasteiger partial charge >= 0.3 is 0 Å². The van der Waals surface area contributed by atoms with E-state index in [9.17, 15) is 9.59 Å². The lowest BCUT2D eigenvalue weighted by Crippen LogP contribution is -2.50. The van der Waals surface area contributed by atoms with Crippen LogP contribution in [0.4, 0.5) is 0 Å². The van der Waals surface area contributed by atoms with Gasteiger partial charge in [-0.3, -0.25) is 14.4 Å². The number of hydrogen-bond donors (Lipinski definition) is 3. The van der Waals surface area contributed by atoms with Gasteiger partial charge in [-0.05, 0) is 66.9 Å². The molecule has 3 aliphatic rings. The van der Waals surface area contributed by atoms with E-state index in [-0.39, 0.29) is 35.0 Å². The van der Waals surface area contributed by atoms with E-state index in [1.165, 1.54) is 18.4 Å². The Morgan fingerprint density at radius 1 is 1.09 bits per heavy atom. The average molecular weight is 663 g/mol. The molecule has 2 amide bonds. The number of allylic oxidation sites excluding steroid dienone is 10. The lowest BCUT2D eigenvalue weighted by atomic mass is 9.86. The first kappa shape index (κ1) is 39.5. The van der Waals surface area contributed by atoms with Crippen molar-refractivity contribution in [1.29, 1.82) is 0 Å². The van der Waals surface area contributed by atoms with Gasteiger partial charge in [0.1, 0.15) is 11.3 Å². The van der Waals surface area contributed by atoms with Gasteiger partial charge < -0.3 is 15.7 Å². The molecule has 9 heteroatoms. The summed E-state index contributed by atoms with van der Waals surface area (Å²) >= 11 is 1.55. The second-order valence-corrected chi connectivity index (χ2v) is 14.0. The fraction of sp³-hybridized carbons (Fsp3) is 0.500. The van der Waals surface area contributed by atoms with Gasteiger partial charge in [-0.1, -0.05) is 96.6 Å². The molecule has 4 rings (SSSR count). The van der Waals surface area contributed by atoms with E-state index >= 15 is 0 Å². The van der Waals surface area contributed by atoms with Crippen LogP contribution in [0, 0.1) is 11.3 Å². The topological polar surface area (TPSA) is 121 Å². The third-order valence-electron chi connectivity index (χ3n) is 7.86. The molecule has 1 aromatic rings. The van der Waals surface area contributed by atoms with Crippen LogP contribution in [0.3, 0.4) is 0 Å². The highest BCUT2D eigenvalue weighted by Crippen LogP contribution is 2.39. The van der Waals surface area contributed by atoms with Crippen LogP contribution in [0.2, 0.25) is 0 Å². The zero-order valence-electron chi connectivity index (χ0n) is 29.4. The molecule has 8 nitrogen and oxygen atoms in total. The summed E-state index contributed by atoms with van der Waals surface area (Å²) in [6.07, 6.45) is 26.1. The van der Waals surface area contributed by atoms with E-state index in [0.29, 0.717) is 12.8 Å². The third kappa shape index (κ3) is 12.8. The Bertz CT molecular complexity index is 1380. The molecule has 1 aromatic heterocycles. The number of carbonyl (C=O) groups excluding carboxylic acids is 2. The maximum Gasteiger partial charge on any atom is 0.290 e. The second-order valence-electron chi connectivity index (χ2n) is 12.9. The summed E-state index contributed by atoms with van der Waals surface area (Å²) in [5, 5.41) is 12.5. The third-order valence-corrected chi connectivity index (χ3v) is 9.49. The van der Waals surface area contributed by atoms with Crippen molar-refractivity contribution in [1.82, 2.24) is 20.6 Å². The normalized spacial score (nSPS) is 19.6. The lowest BCUT2D eigenvalue weighted by molar-refractivity contribution is -0.128. The zero-order chi connectivity index (χ0) is 35.0. The van der Waals surface area contributed by atoms with Crippen LogP contribution in [0.1, 0.15) is 105 Å². The van der Waals surface area contributed by atoms with E-state index in [4.69, 9.17) is 19.9 Å². The minimum Gasteiger partial charge on any atom is -0.483 e. The number of nitrogens with one attached hydrogen (secondary N) is 2. The monoisotopic (exact) mass is 662 g/mol. The van der Waals surface area contributed by atoms with Crippen LogP contribution in [0.15, 0.2) is 71.5 Å². The number of nitrogens with zero attached hydrogens (tertiary/aromatic N) is 2. The van der Waals surface area contributed by atoms with Crippen molar-refractivity contribution in [3.8, 4) is 0 Å². The Morgan fingerprint density at radius 3 is 2.34 bits per heavy atom. The zero-order valence-corrected chi connectivity index (χ0v) is 30.2. The van der Waals surface area contributed by atoms with E-state index in [1.807, 2.05) is 70.5 Å². The van der Waals surface area contributed by atoms with Gasteiger partial charge in [-0.15, -0.1) is 11.8 Å². The highest BCUT2D eigenvalue weighted by Gasteiger charge is 2.30. The Balaban J connectivity index is 0.00000145. The average Bonchev–Trinajstić information content (AvgIpc) is 3.31. The summed E-state index contributed by atoms with van der Waals surface area (Å²) in [4.78, 5) is 45.4. The maximum absolute atomic E-state index is 13.3. The number of carbonyl (C=O) groups is 3. The molecule has 47 heavy (non-hydrogen) atoms. The summed E-state index contributed by atoms with van der Waals surface area (Å²) in [5.41, 5.74) is 4.40. The number of carboxylic acid groups (broad SMARTS) is 1. The highest BCUT2D eigenvalue weighted by molar-refractivity contribution is 8.04. The molecule has 3 N–H and O–H groups in total. The Labute approximate surface area is 286 Å². The molecule has 0 radical (unpaired) electrons. The first-order valence-electron chi connectivity index (χ1n) is 16.8. The van der Waals surface area contributed by atoms with Crippen molar-refractivity contribution in [3.05, 3.63) is 82.9 Å². The van der Waals surface area contributed by atoms with Crippen LogP contribution in [0.5, 0.6) is 0 Å². The van der Waals surface area contributed by atoms with Gasteiger partial charge in [-0.25, -0.2) is 9.97 Å². The van der Waals surface area contributed by atoms with Gasteiger partial charge in [-0.2, -0.15) is 0 Å². The van der Waals surface area contributed by atoms with E-state index in [0.717, 1.165) is 46.2 Å². The van der Waals surface area contributed by atoms with E-state index in [2.05, 4.69) is 56.6 Å². The molecule has 2 aliphatic carbocycles. The number of amides is 2. The fourth-order valence-electron chi connectivity index (χ4n) is 5.26. The number of rotatable bonds is 9. The van der Waals surface area contributed by atoms with Crippen molar-refractivity contribution in [2.24, 2.45) is 11.3 Å². The number of thioether (sulfide) groups is 1. The van der Waals surface area contributed by atoms with Crippen LogP contribution in [0.25, 0.3) is 11.1 Å². The molecule has 1 aliphatic heterocycles. The summed E-state index contributed by atoms with van der Waals surface area (Å²) in [6, 6.07) is -0.714. The Hall–Kier alpha value is -3.72. The smallest absolute Gasteiger partial charge is 0.290 e. The maximum atomic E-state index is 13.3. The molecule has 0 fully saturated rings. The summed E-state index contributed by atoms with van der Waals surface area (Å²) in [7, 11) is 0. The van der Waals surface area contributed by atoms with Gasteiger partial charge in [0, 0.05) is 36.0 Å². The number of aromatic nitrogens is 2. The Kier molecular flexibility index (Phi) is 16.6.